The molecule has 5 rings (SSSR count). The minimum absolute atomic E-state index is 0.119. The summed E-state index contributed by atoms with van der Waals surface area (Å²) < 4.78 is 26.6. The van der Waals surface area contributed by atoms with Crippen molar-refractivity contribution in [1.82, 2.24) is 9.55 Å². The lowest BCUT2D eigenvalue weighted by atomic mass is 9.96. The average Bonchev–Trinajstić information content (AvgIpc) is 3.53. The summed E-state index contributed by atoms with van der Waals surface area (Å²) in [6.45, 7) is 12.3. The molecule has 0 saturated carbocycles. The Kier molecular flexibility index (Phi) is 13.2. The molecule has 1 aliphatic heterocycles. The maximum Gasteiger partial charge on any atom is 0.251 e. The number of unbranched alkanes of at least 4 members (excludes halogenated alkanes) is 1. The summed E-state index contributed by atoms with van der Waals surface area (Å²) in [5.41, 5.74) is 6.68. The molecule has 49 heavy (non-hydrogen) atoms. The summed E-state index contributed by atoms with van der Waals surface area (Å²) in [6, 6.07) is 22.3. The molecule has 0 saturated heterocycles. The third kappa shape index (κ3) is 9.92. The molecule has 0 radical (unpaired) electrons. The molecule has 3 aromatic carbocycles. The summed E-state index contributed by atoms with van der Waals surface area (Å²) in [6.07, 6.45) is 10.3. The highest BCUT2D eigenvalue weighted by Gasteiger charge is 2.20. The van der Waals surface area contributed by atoms with Crippen molar-refractivity contribution in [3.8, 4) is 16.9 Å². The summed E-state index contributed by atoms with van der Waals surface area (Å²) in [5.74, 6) is 1.10. The van der Waals surface area contributed by atoms with Crippen LogP contribution in [0.4, 0.5) is 11.4 Å². The van der Waals surface area contributed by atoms with Crippen LogP contribution in [0.3, 0.4) is 0 Å². The number of nitrogens with one attached hydrogen (secondary N) is 1. The van der Waals surface area contributed by atoms with Gasteiger partial charge in [-0.1, -0.05) is 38.5 Å². The number of hydrogen-bond acceptors (Lipinski definition) is 6. The molecule has 9 heteroatoms. The third-order valence-corrected chi connectivity index (χ3v) is 10.0. The number of benzene rings is 3. The number of ether oxygens (including phenoxy) is 2. The second-order valence-electron chi connectivity index (χ2n) is 12.7. The fourth-order valence-corrected chi connectivity index (χ4v) is 7.10. The summed E-state index contributed by atoms with van der Waals surface area (Å²) in [7, 11) is -1.21. The quantitative estimate of drug-likeness (QED) is 0.119. The average molecular weight is 683 g/mol. The van der Waals surface area contributed by atoms with E-state index >= 15 is 0 Å². The van der Waals surface area contributed by atoms with E-state index in [1.807, 2.05) is 42.5 Å². The topological polar surface area (TPSA) is 85.7 Å². The highest BCUT2D eigenvalue weighted by molar-refractivity contribution is 7.84. The molecule has 8 nitrogen and oxygen atoms in total. The molecule has 1 aromatic heterocycles. The number of carbonyl (C=O) groups excluding carboxylic acids is 1. The molecular weight excluding hydrogens is 633 g/mol. The van der Waals surface area contributed by atoms with Crippen LogP contribution in [-0.2, 0) is 32.6 Å². The van der Waals surface area contributed by atoms with Gasteiger partial charge in [-0.15, -0.1) is 0 Å². The van der Waals surface area contributed by atoms with Gasteiger partial charge in [0.05, 0.1) is 35.2 Å². The highest BCUT2D eigenvalue weighted by Crippen LogP contribution is 2.34. The predicted molar refractivity (Wildman–Crippen MR) is 200 cm³/mol. The van der Waals surface area contributed by atoms with Crippen LogP contribution in [0.2, 0.25) is 0 Å². The van der Waals surface area contributed by atoms with E-state index in [9.17, 15) is 9.00 Å². The number of amides is 1. The van der Waals surface area contributed by atoms with Gasteiger partial charge in [-0.05, 0) is 111 Å². The van der Waals surface area contributed by atoms with Crippen molar-refractivity contribution in [3.63, 3.8) is 0 Å². The van der Waals surface area contributed by atoms with Crippen LogP contribution in [-0.4, -0.2) is 52.1 Å². The molecule has 0 unspecified atom stereocenters. The number of carbonyl (C=O) groups is 1. The fourth-order valence-electron chi connectivity index (χ4n) is 5.99. The maximum atomic E-state index is 13.7. The first-order chi connectivity index (χ1) is 23.9. The van der Waals surface area contributed by atoms with Crippen LogP contribution in [0.25, 0.3) is 17.2 Å². The molecule has 1 aliphatic rings. The molecule has 2 heterocycles. The number of aromatic nitrogens is 2. The van der Waals surface area contributed by atoms with Crippen molar-refractivity contribution in [2.24, 2.45) is 0 Å². The van der Waals surface area contributed by atoms with Gasteiger partial charge in [-0.25, -0.2) is 4.98 Å². The van der Waals surface area contributed by atoms with Gasteiger partial charge in [0.1, 0.15) is 12.4 Å². The zero-order valence-electron chi connectivity index (χ0n) is 29.3. The van der Waals surface area contributed by atoms with Gasteiger partial charge >= 0.3 is 0 Å². The van der Waals surface area contributed by atoms with E-state index in [4.69, 9.17) is 9.47 Å². The van der Waals surface area contributed by atoms with Crippen molar-refractivity contribution < 1.29 is 18.5 Å². The molecule has 1 N–H and O–H groups in total. The van der Waals surface area contributed by atoms with Gasteiger partial charge < -0.3 is 24.3 Å². The van der Waals surface area contributed by atoms with Gasteiger partial charge in [0.15, 0.2) is 0 Å². The largest absolute Gasteiger partial charge is 0.491 e. The summed E-state index contributed by atoms with van der Waals surface area (Å²) >= 11 is 0. The van der Waals surface area contributed by atoms with Crippen LogP contribution < -0.4 is 15.0 Å². The Bertz CT molecular complexity index is 1710. The minimum Gasteiger partial charge on any atom is -0.491 e. The standard InChI is InChI=1S/C40H50N4O4S/c1-5-7-22-47-23-24-48-37-15-10-31(11-16-37)32-12-19-39-34(25-32)26-33(9-8-21-44(39)30(3)4)40(45)42-35-13-17-38(18-14-35)49(46)28-36-27-41-29-43(36)20-6-2/h10-19,25-27,29-30H,5-9,20-24,28H2,1-4H3,(H,42,45)/b33-26+/t49-/m0/s1. The summed E-state index contributed by atoms with van der Waals surface area (Å²) in [4.78, 5) is 21.0. The summed E-state index contributed by atoms with van der Waals surface area (Å²) in [5, 5.41) is 3.09. The second kappa shape index (κ2) is 18.0. The molecule has 0 bridgehead atoms. The highest BCUT2D eigenvalue weighted by atomic mass is 32.2. The number of hydrogen-bond donors (Lipinski definition) is 1. The van der Waals surface area contributed by atoms with Crippen LogP contribution in [0.1, 0.15) is 71.1 Å². The SMILES string of the molecule is CCCCOCCOc1ccc(-c2ccc3c(c2)/C=C(/C(=O)Nc2ccc([S@@](=O)Cc4cncn4CCC)cc2)CCCN3C(C)C)cc1. The number of fused-ring (bicyclic) bond motifs is 1. The van der Waals surface area contributed by atoms with Crippen LogP contribution >= 0.6 is 0 Å². The molecule has 4 aromatic rings. The lowest BCUT2D eigenvalue weighted by Gasteiger charge is -2.32. The van der Waals surface area contributed by atoms with Crippen molar-refractivity contribution in [2.45, 2.75) is 83.0 Å². The van der Waals surface area contributed by atoms with Crippen molar-refractivity contribution in [3.05, 3.63) is 96.1 Å². The second-order valence-corrected chi connectivity index (χ2v) is 14.2. The van der Waals surface area contributed by atoms with Gasteiger partial charge in [0, 0.05) is 53.8 Å². The fraction of sp³-hybridized carbons (Fsp3) is 0.400. The molecular formula is C40H50N4O4S. The number of rotatable bonds is 16. The Morgan fingerprint density at radius 2 is 1.73 bits per heavy atom. The zero-order valence-corrected chi connectivity index (χ0v) is 30.1. The molecule has 0 spiro atoms. The van der Waals surface area contributed by atoms with E-state index in [2.05, 4.69) is 77.8 Å². The Morgan fingerprint density at radius 1 is 0.959 bits per heavy atom. The van der Waals surface area contributed by atoms with E-state index in [1.54, 1.807) is 12.5 Å². The molecule has 260 valence electrons. The number of anilines is 2. The Balaban J connectivity index is 1.29. The lowest BCUT2D eigenvalue weighted by molar-refractivity contribution is -0.112. The number of nitrogens with zero attached hydrogens (tertiary/aromatic N) is 3. The monoisotopic (exact) mass is 682 g/mol. The van der Waals surface area contributed by atoms with E-state index in [0.717, 1.165) is 89.7 Å². The minimum atomic E-state index is -1.21. The van der Waals surface area contributed by atoms with Crippen molar-refractivity contribution >= 4 is 34.2 Å². The van der Waals surface area contributed by atoms with E-state index in [-0.39, 0.29) is 5.91 Å². The zero-order chi connectivity index (χ0) is 34.6. The number of aryl methyl sites for hydroxylation is 1. The van der Waals surface area contributed by atoms with Crippen molar-refractivity contribution in [2.75, 3.05) is 36.6 Å². The molecule has 1 atom stereocenters. The first kappa shape index (κ1) is 36.1. The third-order valence-electron chi connectivity index (χ3n) is 8.67. The van der Waals surface area contributed by atoms with E-state index < -0.39 is 10.8 Å². The van der Waals surface area contributed by atoms with Crippen LogP contribution in [0, 0.1) is 0 Å². The first-order valence-corrected chi connectivity index (χ1v) is 18.9. The lowest BCUT2D eigenvalue weighted by Crippen LogP contribution is -2.33. The van der Waals surface area contributed by atoms with Gasteiger partial charge in [-0.3, -0.25) is 9.00 Å². The van der Waals surface area contributed by atoms with Gasteiger partial charge in [0.2, 0.25) is 0 Å². The van der Waals surface area contributed by atoms with Gasteiger partial charge in [0.25, 0.3) is 5.91 Å². The smallest absolute Gasteiger partial charge is 0.251 e. The molecule has 1 amide bonds. The maximum absolute atomic E-state index is 13.7. The van der Waals surface area contributed by atoms with Crippen LogP contribution in [0.5, 0.6) is 5.75 Å². The normalized spacial score (nSPS) is 14.8. The Hall–Kier alpha value is -4.21. The van der Waals surface area contributed by atoms with Crippen molar-refractivity contribution in [1.29, 1.82) is 0 Å². The van der Waals surface area contributed by atoms with Crippen LogP contribution in [0.15, 0.2) is 89.7 Å². The Morgan fingerprint density at radius 3 is 2.47 bits per heavy atom. The molecule has 0 fully saturated rings. The number of imidazole rings is 1. The van der Waals surface area contributed by atoms with Gasteiger partial charge in [-0.2, -0.15) is 0 Å². The van der Waals surface area contributed by atoms with E-state index in [0.29, 0.717) is 37.1 Å². The van der Waals surface area contributed by atoms with E-state index in [1.165, 1.54) is 0 Å². The molecule has 0 aliphatic carbocycles. The predicted octanol–water partition coefficient (Wildman–Crippen LogP) is 8.49. The first-order valence-electron chi connectivity index (χ1n) is 17.6. The Labute approximate surface area is 294 Å².